The first kappa shape index (κ1) is 13.3. The van der Waals surface area contributed by atoms with Gasteiger partial charge in [0, 0.05) is 22.8 Å². The molecule has 0 unspecified atom stereocenters. The lowest BCUT2D eigenvalue weighted by Crippen LogP contribution is -2.42. The van der Waals surface area contributed by atoms with E-state index in [0.717, 1.165) is 28.9 Å². The Morgan fingerprint density at radius 3 is 2.89 bits per heavy atom. The van der Waals surface area contributed by atoms with Crippen LogP contribution in [-0.2, 0) is 6.42 Å². The number of fused-ring (bicyclic) bond motifs is 1. The van der Waals surface area contributed by atoms with Gasteiger partial charge in [0.05, 0.1) is 5.39 Å². The van der Waals surface area contributed by atoms with Gasteiger partial charge in [-0.1, -0.05) is 22.9 Å². The van der Waals surface area contributed by atoms with E-state index in [1.807, 2.05) is 0 Å². The van der Waals surface area contributed by atoms with E-state index in [1.165, 1.54) is 29.5 Å². The van der Waals surface area contributed by atoms with Gasteiger partial charge in [0.15, 0.2) is 0 Å². The van der Waals surface area contributed by atoms with Crippen LogP contribution in [0.3, 0.4) is 0 Å². The van der Waals surface area contributed by atoms with Crippen molar-refractivity contribution in [1.29, 1.82) is 0 Å². The summed E-state index contributed by atoms with van der Waals surface area (Å²) in [6, 6.07) is 2.94. The molecule has 2 aromatic rings. The summed E-state index contributed by atoms with van der Waals surface area (Å²) in [6.07, 6.45) is 6.73. The zero-order valence-corrected chi connectivity index (χ0v) is 13.5. The van der Waals surface area contributed by atoms with Crippen molar-refractivity contribution < 1.29 is 0 Å². The van der Waals surface area contributed by atoms with Gasteiger partial charge in [-0.15, -0.1) is 11.3 Å². The maximum Gasteiger partial charge on any atom is 0.141 e. The highest BCUT2D eigenvalue weighted by atomic mass is 79.9. The highest BCUT2D eigenvalue weighted by molar-refractivity contribution is 9.09. The molecule has 1 fully saturated rings. The van der Waals surface area contributed by atoms with Crippen LogP contribution in [0.2, 0.25) is 0 Å². The molecule has 2 aromatic heterocycles. The lowest BCUT2D eigenvalue weighted by atomic mass is 9.91. The van der Waals surface area contributed by atoms with Gasteiger partial charge in [0.1, 0.15) is 17.0 Å². The first-order chi connectivity index (χ1) is 9.33. The summed E-state index contributed by atoms with van der Waals surface area (Å²) in [5.74, 6) is 1.13. The predicted molar refractivity (Wildman–Crippen MR) is 85.6 cm³/mol. The van der Waals surface area contributed by atoms with Gasteiger partial charge >= 0.3 is 0 Å². The molecule has 0 aromatic carbocycles. The van der Waals surface area contributed by atoms with E-state index < -0.39 is 0 Å². The van der Waals surface area contributed by atoms with Crippen LogP contribution >= 0.6 is 27.3 Å². The van der Waals surface area contributed by atoms with Crippen LogP contribution in [0.25, 0.3) is 10.2 Å². The zero-order valence-electron chi connectivity index (χ0n) is 11.1. The van der Waals surface area contributed by atoms with E-state index in [1.54, 1.807) is 17.7 Å². The minimum Gasteiger partial charge on any atom is -0.352 e. The van der Waals surface area contributed by atoms with E-state index in [2.05, 4.69) is 43.8 Å². The van der Waals surface area contributed by atoms with Gasteiger partial charge < -0.3 is 4.90 Å². The van der Waals surface area contributed by atoms with Crippen molar-refractivity contribution in [3.63, 3.8) is 0 Å². The van der Waals surface area contributed by atoms with Crippen LogP contribution in [-0.4, -0.2) is 27.9 Å². The lowest BCUT2D eigenvalue weighted by Gasteiger charge is -2.38. The second kappa shape index (κ2) is 5.75. The first-order valence-corrected chi connectivity index (χ1v) is 8.83. The second-order valence-corrected chi connectivity index (χ2v) is 6.86. The summed E-state index contributed by atoms with van der Waals surface area (Å²) in [4.78, 5) is 14.0. The van der Waals surface area contributed by atoms with Gasteiger partial charge in [-0.05, 0) is 31.7 Å². The Bertz CT molecular complexity index is 565. The molecular weight excluding hydrogens is 322 g/mol. The molecule has 0 N–H and O–H groups in total. The molecule has 0 aliphatic heterocycles. The van der Waals surface area contributed by atoms with Crippen LogP contribution in [0.4, 0.5) is 5.82 Å². The average molecular weight is 340 g/mol. The summed E-state index contributed by atoms with van der Waals surface area (Å²) in [5.41, 5.74) is 0. The summed E-state index contributed by atoms with van der Waals surface area (Å²) in [7, 11) is 0. The number of alkyl halides is 1. The number of aromatic nitrogens is 2. The van der Waals surface area contributed by atoms with Crippen LogP contribution in [0.5, 0.6) is 0 Å². The molecule has 2 heterocycles. The third-order valence-electron chi connectivity index (χ3n) is 3.82. The maximum absolute atomic E-state index is 4.58. The Kier molecular flexibility index (Phi) is 4.03. The van der Waals surface area contributed by atoms with Crippen molar-refractivity contribution in [2.75, 3.05) is 16.8 Å². The standard InChI is InChI=1S/C14H18BrN3S/c1-2-11-8-12-13(16-9-17-14(12)19-11)18(7-6-15)10-4-3-5-10/h8-10H,2-7H2,1H3. The molecule has 0 radical (unpaired) electrons. The minimum absolute atomic E-state index is 0.667. The number of aryl methyl sites for hydroxylation is 1. The fraction of sp³-hybridized carbons (Fsp3) is 0.571. The molecule has 3 rings (SSSR count). The Morgan fingerprint density at radius 1 is 1.42 bits per heavy atom. The van der Waals surface area contributed by atoms with Crippen LogP contribution < -0.4 is 4.90 Å². The smallest absolute Gasteiger partial charge is 0.141 e. The molecule has 0 bridgehead atoms. The first-order valence-electron chi connectivity index (χ1n) is 6.89. The fourth-order valence-electron chi connectivity index (χ4n) is 2.55. The van der Waals surface area contributed by atoms with Crippen molar-refractivity contribution >= 4 is 43.3 Å². The van der Waals surface area contributed by atoms with Crippen molar-refractivity contribution in [2.45, 2.75) is 38.6 Å². The largest absolute Gasteiger partial charge is 0.352 e. The number of rotatable bonds is 5. The minimum atomic E-state index is 0.667. The van der Waals surface area contributed by atoms with Crippen molar-refractivity contribution in [3.8, 4) is 0 Å². The van der Waals surface area contributed by atoms with E-state index in [0.29, 0.717) is 6.04 Å². The van der Waals surface area contributed by atoms with Crippen molar-refractivity contribution in [1.82, 2.24) is 9.97 Å². The molecule has 19 heavy (non-hydrogen) atoms. The Labute approximate surface area is 126 Å². The molecule has 5 heteroatoms. The lowest BCUT2D eigenvalue weighted by molar-refractivity contribution is 0.389. The fourth-order valence-corrected chi connectivity index (χ4v) is 3.86. The molecule has 1 aliphatic rings. The summed E-state index contributed by atoms with van der Waals surface area (Å²) < 4.78 is 0. The number of anilines is 1. The molecular formula is C14H18BrN3S. The third-order valence-corrected chi connectivity index (χ3v) is 5.36. The molecule has 0 saturated heterocycles. The Morgan fingerprint density at radius 2 is 2.26 bits per heavy atom. The Balaban J connectivity index is 2.03. The van der Waals surface area contributed by atoms with Gasteiger partial charge in [-0.3, -0.25) is 0 Å². The van der Waals surface area contributed by atoms with Crippen LogP contribution in [0.1, 0.15) is 31.1 Å². The average Bonchev–Trinajstić information content (AvgIpc) is 2.79. The monoisotopic (exact) mass is 339 g/mol. The Hall–Kier alpha value is -0.680. The van der Waals surface area contributed by atoms with Gasteiger partial charge in [0.2, 0.25) is 0 Å². The van der Waals surface area contributed by atoms with Crippen LogP contribution in [0, 0.1) is 0 Å². The van der Waals surface area contributed by atoms with Crippen molar-refractivity contribution in [2.24, 2.45) is 0 Å². The summed E-state index contributed by atoms with van der Waals surface area (Å²) >= 11 is 5.36. The van der Waals surface area contributed by atoms with Gasteiger partial charge in [0.25, 0.3) is 0 Å². The highest BCUT2D eigenvalue weighted by Gasteiger charge is 2.27. The SMILES string of the molecule is CCc1cc2c(N(CCBr)C3CCC3)ncnc2s1. The van der Waals surface area contributed by atoms with E-state index in [4.69, 9.17) is 0 Å². The quantitative estimate of drug-likeness (QED) is 0.770. The topological polar surface area (TPSA) is 29.0 Å². The number of nitrogens with zero attached hydrogens (tertiary/aromatic N) is 3. The molecule has 1 saturated carbocycles. The van der Waals surface area contributed by atoms with Gasteiger partial charge in [-0.25, -0.2) is 9.97 Å². The maximum atomic E-state index is 4.58. The molecule has 3 nitrogen and oxygen atoms in total. The van der Waals surface area contributed by atoms with E-state index >= 15 is 0 Å². The molecule has 0 spiro atoms. The number of halogens is 1. The van der Waals surface area contributed by atoms with Crippen LogP contribution in [0.15, 0.2) is 12.4 Å². The number of thiophene rings is 1. The molecule has 1 aliphatic carbocycles. The highest BCUT2D eigenvalue weighted by Crippen LogP contribution is 2.35. The van der Waals surface area contributed by atoms with E-state index in [9.17, 15) is 0 Å². The number of hydrogen-bond donors (Lipinski definition) is 0. The second-order valence-electron chi connectivity index (χ2n) is 4.95. The van der Waals surface area contributed by atoms with E-state index in [-0.39, 0.29) is 0 Å². The van der Waals surface area contributed by atoms with Gasteiger partial charge in [-0.2, -0.15) is 0 Å². The summed E-state index contributed by atoms with van der Waals surface area (Å²) in [5, 5.41) is 2.22. The predicted octanol–water partition coefficient (Wildman–Crippen LogP) is 4.01. The third kappa shape index (κ3) is 2.50. The van der Waals surface area contributed by atoms with Crippen molar-refractivity contribution in [3.05, 3.63) is 17.3 Å². The molecule has 0 atom stereocenters. The molecule has 102 valence electrons. The normalized spacial score (nSPS) is 15.7. The zero-order chi connectivity index (χ0) is 13.2. The summed E-state index contributed by atoms with van der Waals surface area (Å²) in [6.45, 7) is 3.22. The molecule has 0 amide bonds. The number of hydrogen-bond acceptors (Lipinski definition) is 4.